The highest BCUT2D eigenvalue weighted by molar-refractivity contribution is 6.05. The van der Waals surface area contributed by atoms with Crippen molar-refractivity contribution < 1.29 is 23.9 Å². The molecule has 0 saturated carbocycles. The van der Waals surface area contributed by atoms with Gasteiger partial charge in [0.15, 0.2) is 11.9 Å². The highest BCUT2D eigenvalue weighted by Gasteiger charge is 2.20. The number of methoxy groups -OCH3 is 1. The fraction of sp³-hybridized carbons (Fsp3) is 0.211. The van der Waals surface area contributed by atoms with Crippen LogP contribution in [0.1, 0.15) is 34.6 Å². The predicted octanol–water partition coefficient (Wildman–Crippen LogP) is 3.08. The summed E-state index contributed by atoms with van der Waals surface area (Å²) in [6.07, 6.45) is -1.02. The number of amides is 1. The number of benzene rings is 2. The lowest BCUT2D eigenvalue weighted by Gasteiger charge is -2.15. The predicted molar refractivity (Wildman–Crippen MR) is 92.9 cm³/mol. The average molecular weight is 341 g/mol. The summed E-state index contributed by atoms with van der Waals surface area (Å²) in [5.74, 6) is -0.692. The van der Waals surface area contributed by atoms with E-state index in [9.17, 15) is 14.4 Å². The fourth-order valence-electron chi connectivity index (χ4n) is 2.14. The first-order chi connectivity index (χ1) is 11.9. The smallest absolute Gasteiger partial charge is 0.338 e. The topological polar surface area (TPSA) is 81.7 Å². The van der Waals surface area contributed by atoms with Crippen molar-refractivity contribution >= 4 is 23.3 Å². The van der Waals surface area contributed by atoms with Crippen LogP contribution in [0.25, 0.3) is 0 Å². The standard InChI is InChI=1S/C19H19NO5/c1-12(21)16-6-4-5-7-17(16)20-18(22)13(2)25-19(23)14-8-10-15(24-3)11-9-14/h4-11,13H,1-3H3,(H,20,22). The number of carbonyl (C=O) groups excluding carboxylic acids is 3. The largest absolute Gasteiger partial charge is 0.497 e. The van der Waals surface area contributed by atoms with Gasteiger partial charge in [-0.05, 0) is 50.2 Å². The summed E-state index contributed by atoms with van der Waals surface area (Å²) >= 11 is 0. The first kappa shape index (κ1) is 18.2. The molecule has 0 aromatic heterocycles. The molecule has 2 aromatic carbocycles. The third-order valence-corrected chi connectivity index (χ3v) is 3.54. The lowest BCUT2D eigenvalue weighted by atomic mass is 10.1. The van der Waals surface area contributed by atoms with Gasteiger partial charge in [0.1, 0.15) is 5.75 Å². The van der Waals surface area contributed by atoms with Gasteiger partial charge in [-0.1, -0.05) is 12.1 Å². The van der Waals surface area contributed by atoms with Gasteiger partial charge >= 0.3 is 5.97 Å². The molecule has 0 bridgehead atoms. The number of rotatable bonds is 6. The summed E-state index contributed by atoms with van der Waals surface area (Å²) in [4.78, 5) is 35.9. The second kappa shape index (κ2) is 8.10. The Bertz CT molecular complexity index is 783. The van der Waals surface area contributed by atoms with E-state index in [0.29, 0.717) is 22.6 Å². The average Bonchev–Trinajstić information content (AvgIpc) is 2.61. The van der Waals surface area contributed by atoms with E-state index >= 15 is 0 Å². The Morgan fingerprint density at radius 3 is 2.24 bits per heavy atom. The van der Waals surface area contributed by atoms with Crippen LogP contribution >= 0.6 is 0 Å². The van der Waals surface area contributed by atoms with Crippen molar-refractivity contribution in [3.63, 3.8) is 0 Å². The van der Waals surface area contributed by atoms with Crippen LogP contribution in [0, 0.1) is 0 Å². The SMILES string of the molecule is COc1ccc(C(=O)OC(C)C(=O)Nc2ccccc2C(C)=O)cc1. The minimum atomic E-state index is -1.02. The third kappa shape index (κ3) is 4.67. The van der Waals surface area contributed by atoms with Crippen molar-refractivity contribution in [1.29, 1.82) is 0 Å². The van der Waals surface area contributed by atoms with Crippen LogP contribution in [-0.2, 0) is 9.53 Å². The zero-order chi connectivity index (χ0) is 18.4. The van der Waals surface area contributed by atoms with Crippen molar-refractivity contribution in [3.05, 3.63) is 59.7 Å². The lowest BCUT2D eigenvalue weighted by Crippen LogP contribution is -2.30. The molecule has 6 nitrogen and oxygen atoms in total. The number of para-hydroxylation sites is 1. The molecule has 1 amide bonds. The second-order valence-corrected chi connectivity index (χ2v) is 5.37. The van der Waals surface area contributed by atoms with E-state index in [-0.39, 0.29) is 5.78 Å². The summed E-state index contributed by atoms with van der Waals surface area (Å²) in [6.45, 7) is 2.88. The summed E-state index contributed by atoms with van der Waals surface area (Å²) in [6, 6.07) is 13.0. The highest BCUT2D eigenvalue weighted by Crippen LogP contribution is 2.17. The molecule has 0 aliphatic heterocycles. The maximum atomic E-state index is 12.2. The molecule has 6 heteroatoms. The molecule has 0 radical (unpaired) electrons. The molecule has 2 aromatic rings. The summed E-state index contributed by atoms with van der Waals surface area (Å²) in [7, 11) is 1.53. The zero-order valence-electron chi connectivity index (χ0n) is 14.2. The van der Waals surface area contributed by atoms with Gasteiger partial charge in [0, 0.05) is 5.56 Å². The van der Waals surface area contributed by atoms with E-state index in [1.54, 1.807) is 48.5 Å². The molecule has 1 atom stereocenters. The molecule has 0 aliphatic carbocycles. The minimum absolute atomic E-state index is 0.168. The van der Waals surface area contributed by atoms with Gasteiger partial charge in [-0.2, -0.15) is 0 Å². The second-order valence-electron chi connectivity index (χ2n) is 5.37. The van der Waals surface area contributed by atoms with Gasteiger partial charge in [0.05, 0.1) is 18.4 Å². The maximum Gasteiger partial charge on any atom is 0.338 e. The number of esters is 1. The molecule has 1 unspecified atom stereocenters. The summed E-state index contributed by atoms with van der Waals surface area (Å²) in [5.41, 5.74) is 1.08. The monoisotopic (exact) mass is 341 g/mol. The van der Waals surface area contributed by atoms with E-state index in [1.807, 2.05) is 0 Å². The molecule has 0 fully saturated rings. The van der Waals surface area contributed by atoms with Crippen LogP contribution in [-0.4, -0.2) is 30.9 Å². The highest BCUT2D eigenvalue weighted by atomic mass is 16.5. The van der Waals surface area contributed by atoms with Crippen LogP contribution in [0.3, 0.4) is 0 Å². The number of anilines is 1. The van der Waals surface area contributed by atoms with Crippen LogP contribution in [0.4, 0.5) is 5.69 Å². The van der Waals surface area contributed by atoms with E-state index < -0.39 is 18.0 Å². The molecule has 0 heterocycles. The summed E-state index contributed by atoms with van der Waals surface area (Å²) in [5, 5.41) is 2.61. The molecule has 0 spiro atoms. The number of hydrogen-bond acceptors (Lipinski definition) is 5. The maximum absolute atomic E-state index is 12.2. The number of nitrogens with one attached hydrogen (secondary N) is 1. The molecule has 2 rings (SSSR count). The van der Waals surface area contributed by atoms with Crippen LogP contribution in [0.2, 0.25) is 0 Å². The van der Waals surface area contributed by atoms with Gasteiger partial charge in [-0.3, -0.25) is 9.59 Å². The van der Waals surface area contributed by atoms with Gasteiger partial charge in [0.25, 0.3) is 5.91 Å². The summed E-state index contributed by atoms with van der Waals surface area (Å²) < 4.78 is 10.2. The third-order valence-electron chi connectivity index (χ3n) is 3.54. The number of ether oxygens (including phenoxy) is 2. The Morgan fingerprint density at radius 1 is 1.00 bits per heavy atom. The lowest BCUT2D eigenvalue weighted by molar-refractivity contribution is -0.123. The van der Waals surface area contributed by atoms with Crippen LogP contribution in [0.5, 0.6) is 5.75 Å². The van der Waals surface area contributed by atoms with Crippen molar-refractivity contribution in [2.75, 3.05) is 12.4 Å². The van der Waals surface area contributed by atoms with Crippen molar-refractivity contribution in [2.45, 2.75) is 20.0 Å². The number of carbonyl (C=O) groups is 3. The minimum Gasteiger partial charge on any atom is -0.497 e. The molecular formula is C19H19NO5. The molecular weight excluding hydrogens is 322 g/mol. The van der Waals surface area contributed by atoms with E-state index in [2.05, 4.69) is 5.32 Å². The van der Waals surface area contributed by atoms with E-state index in [0.717, 1.165) is 0 Å². The van der Waals surface area contributed by atoms with Crippen molar-refractivity contribution in [1.82, 2.24) is 0 Å². The Balaban J connectivity index is 2.02. The van der Waals surface area contributed by atoms with E-state index in [4.69, 9.17) is 9.47 Å². The van der Waals surface area contributed by atoms with Crippen LogP contribution < -0.4 is 10.1 Å². The Morgan fingerprint density at radius 2 is 1.64 bits per heavy atom. The Labute approximate surface area is 145 Å². The molecule has 1 N–H and O–H groups in total. The zero-order valence-corrected chi connectivity index (χ0v) is 14.2. The van der Waals surface area contributed by atoms with Crippen molar-refractivity contribution in [2.24, 2.45) is 0 Å². The number of ketones is 1. The number of Topliss-reactive ketones (excluding diaryl/α,β-unsaturated/α-hetero) is 1. The molecule has 130 valence electrons. The Hall–Kier alpha value is -3.15. The molecule has 25 heavy (non-hydrogen) atoms. The normalized spacial score (nSPS) is 11.3. The van der Waals surface area contributed by atoms with Gasteiger partial charge in [-0.15, -0.1) is 0 Å². The molecule has 0 saturated heterocycles. The van der Waals surface area contributed by atoms with Crippen LogP contribution in [0.15, 0.2) is 48.5 Å². The van der Waals surface area contributed by atoms with Gasteiger partial charge < -0.3 is 14.8 Å². The first-order valence-electron chi connectivity index (χ1n) is 7.68. The van der Waals surface area contributed by atoms with E-state index in [1.165, 1.54) is 21.0 Å². The first-order valence-corrected chi connectivity index (χ1v) is 7.68. The van der Waals surface area contributed by atoms with Crippen molar-refractivity contribution in [3.8, 4) is 5.75 Å². The fourth-order valence-corrected chi connectivity index (χ4v) is 2.14. The molecule has 0 aliphatic rings. The Kier molecular flexibility index (Phi) is 5.89. The number of hydrogen-bond donors (Lipinski definition) is 1. The van der Waals surface area contributed by atoms with Gasteiger partial charge in [0.2, 0.25) is 0 Å². The van der Waals surface area contributed by atoms with Gasteiger partial charge in [-0.25, -0.2) is 4.79 Å². The quantitative estimate of drug-likeness (QED) is 0.645.